The molecule has 1 aromatic heterocycles. The largest absolute Gasteiger partial charge is 0.488 e. The number of ether oxygens (including phenoxy) is 1. The second-order valence-corrected chi connectivity index (χ2v) is 8.27. The molecule has 2 aromatic carbocycles. The number of rotatable bonds is 7. The summed E-state index contributed by atoms with van der Waals surface area (Å²) < 4.78 is 18.8. The van der Waals surface area contributed by atoms with Crippen molar-refractivity contribution in [3.05, 3.63) is 81.1 Å². The van der Waals surface area contributed by atoms with Gasteiger partial charge in [0.1, 0.15) is 18.2 Å². The number of amides is 1. The first-order valence-corrected chi connectivity index (χ1v) is 10.7. The van der Waals surface area contributed by atoms with E-state index in [1.54, 1.807) is 35.6 Å². The molecule has 3 aromatic rings. The van der Waals surface area contributed by atoms with Crippen molar-refractivity contribution in [3.63, 3.8) is 0 Å². The van der Waals surface area contributed by atoms with Gasteiger partial charge in [-0.2, -0.15) is 0 Å². The monoisotopic (exact) mass is 410 g/mol. The van der Waals surface area contributed by atoms with E-state index in [1.807, 2.05) is 12.1 Å². The highest BCUT2D eigenvalue weighted by molar-refractivity contribution is 7.11. The Morgan fingerprint density at radius 1 is 1.10 bits per heavy atom. The van der Waals surface area contributed by atoms with Crippen molar-refractivity contribution in [3.8, 4) is 5.75 Å². The van der Waals surface area contributed by atoms with Crippen molar-refractivity contribution in [2.75, 3.05) is 6.54 Å². The summed E-state index contributed by atoms with van der Waals surface area (Å²) in [5.74, 6) is 0.0645. The highest BCUT2D eigenvalue weighted by atomic mass is 32.1. The second-order valence-electron chi connectivity index (χ2n) is 7.10. The van der Waals surface area contributed by atoms with Gasteiger partial charge in [0, 0.05) is 17.8 Å². The molecule has 6 heteroatoms. The van der Waals surface area contributed by atoms with Crippen molar-refractivity contribution in [1.82, 2.24) is 10.3 Å². The topological polar surface area (TPSA) is 51.2 Å². The fourth-order valence-corrected chi connectivity index (χ4v) is 4.57. The van der Waals surface area contributed by atoms with E-state index in [9.17, 15) is 9.18 Å². The number of nitrogens with one attached hydrogen (secondary N) is 1. The number of carbonyl (C=O) groups is 1. The van der Waals surface area contributed by atoms with Crippen molar-refractivity contribution < 1.29 is 13.9 Å². The Morgan fingerprint density at radius 2 is 1.90 bits per heavy atom. The average Bonchev–Trinajstić information content (AvgIpc) is 3.16. The van der Waals surface area contributed by atoms with E-state index in [0.29, 0.717) is 17.9 Å². The highest BCUT2D eigenvalue weighted by Gasteiger charge is 2.16. The Morgan fingerprint density at radius 3 is 2.72 bits per heavy atom. The third-order valence-electron chi connectivity index (χ3n) is 4.95. The smallest absolute Gasteiger partial charge is 0.255 e. The minimum absolute atomic E-state index is 0.166. The first kappa shape index (κ1) is 19.6. The van der Waals surface area contributed by atoms with E-state index >= 15 is 0 Å². The molecule has 0 unspecified atom stereocenters. The van der Waals surface area contributed by atoms with Crippen LogP contribution in [-0.2, 0) is 25.9 Å². The number of aromatic nitrogens is 1. The fourth-order valence-electron chi connectivity index (χ4n) is 3.41. The molecule has 1 heterocycles. The maximum Gasteiger partial charge on any atom is 0.255 e. The van der Waals surface area contributed by atoms with E-state index in [1.165, 1.54) is 35.5 Å². The molecule has 150 valence electrons. The quantitative estimate of drug-likeness (QED) is 0.614. The number of thiazole rings is 1. The number of benzene rings is 2. The third kappa shape index (κ3) is 5.01. The SMILES string of the molecule is O=C(NCCc1nc2c(s1)CCCC2)c1ccccc1OCc1ccc(F)cc1. The molecular formula is C23H23FN2O2S. The highest BCUT2D eigenvalue weighted by Crippen LogP contribution is 2.26. The number of hydrogen-bond donors (Lipinski definition) is 1. The maximum absolute atomic E-state index is 13.0. The summed E-state index contributed by atoms with van der Waals surface area (Å²) in [6.07, 6.45) is 5.43. The van der Waals surface area contributed by atoms with Crippen LogP contribution in [0.4, 0.5) is 4.39 Å². The molecule has 0 fully saturated rings. The van der Waals surface area contributed by atoms with Crippen LogP contribution in [0, 0.1) is 5.82 Å². The van der Waals surface area contributed by atoms with E-state index in [4.69, 9.17) is 9.72 Å². The van der Waals surface area contributed by atoms with Crippen LogP contribution in [0.25, 0.3) is 0 Å². The Kier molecular flexibility index (Phi) is 6.20. The fraction of sp³-hybridized carbons (Fsp3) is 0.304. The minimum Gasteiger partial charge on any atom is -0.488 e. The lowest BCUT2D eigenvalue weighted by atomic mass is 10.0. The van der Waals surface area contributed by atoms with Crippen molar-refractivity contribution in [2.24, 2.45) is 0 Å². The molecule has 29 heavy (non-hydrogen) atoms. The van der Waals surface area contributed by atoms with Crippen molar-refractivity contribution >= 4 is 17.2 Å². The van der Waals surface area contributed by atoms with E-state index in [0.717, 1.165) is 29.8 Å². The van der Waals surface area contributed by atoms with Crippen LogP contribution in [-0.4, -0.2) is 17.4 Å². The lowest BCUT2D eigenvalue weighted by molar-refractivity contribution is 0.0949. The minimum atomic E-state index is -0.283. The molecule has 0 saturated heterocycles. The Hall–Kier alpha value is -2.73. The number of carbonyl (C=O) groups excluding carboxylic acids is 1. The molecule has 1 N–H and O–H groups in total. The third-order valence-corrected chi connectivity index (χ3v) is 6.17. The predicted octanol–water partition coefficient (Wildman–Crippen LogP) is 4.71. The van der Waals surface area contributed by atoms with Crippen LogP contribution in [0.2, 0.25) is 0 Å². The maximum atomic E-state index is 13.0. The molecule has 1 aliphatic carbocycles. The standard InChI is InChI=1S/C23H23FN2O2S/c24-17-11-9-16(10-12-17)15-28-20-7-3-1-5-18(20)23(27)25-14-13-22-26-19-6-2-4-8-21(19)29-22/h1,3,5,7,9-12H,2,4,6,8,13-15H2,(H,25,27). The number of hydrogen-bond acceptors (Lipinski definition) is 4. The summed E-state index contributed by atoms with van der Waals surface area (Å²) in [5, 5.41) is 4.07. The summed E-state index contributed by atoms with van der Waals surface area (Å²) in [6.45, 7) is 0.812. The summed E-state index contributed by atoms with van der Waals surface area (Å²) in [6, 6.07) is 13.3. The molecule has 4 nitrogen and oxygen atoms in total. The van der Waals surface area contributed by atoms with Gasteiger partial charge in [-0.1, -0.05) is 24.3 Å². The molecule has 0 spiro atoms. The molecule has 0 aliphatic heterocycles. The number of halogens is 1. The molecule has 4 rings (SSSR count). The first-order chi connectivity index (χ1) is 14.2. The Bertz CT molecular complexity index is 961. The molecule has 0 radical (unpaired) electrons. The summed E-state index contributed by atoms with van der Waals surface area (Å²) >= 11 is 1.78. The zero-order valence-corrected chi connectivity index (χ0v) is 16.9. The zero-order chi connectivity index (χ0) is 20.1. The van der Waals surface area contributed by atoms with Gasteiger partial charge in [-0.05, 0) is 55.5 Å². The molecule has 0 atom stereocenters. The normalized spacial score (nSPS) is 13.0. The van der Waals surface area contributed by atoms with Crippen molar-refractivity contribution in [1.29, 1.82) is 0 Å². The molecule has 0 bridgehead atoms. The number of para-hydroxylation sites is 1. The summed E-state index contributed by atoms with van der Waals surface area (Å²) in [7, 11) is 0. The van der Waals surface area contributed by atoms with Gasteiger partial charge in [-0.25, -0.2) is 9.37 Å². The van der Waals surface area contributed by atoms with Gasteiger partial charge >= 0.3 is 0 Å². The van der Waals surface area contributed by atoms with Gasteiger partial charge < -0.3 is 10.1 Å². The Balaban J connectivity index is 1.33. The number of fused-ring (bicyclic) bond motifs is 1. The second kappa shape index (κ2) is 9.18. The lowest BCUT2D eigenvalue weighted by Crippen LogP contribution is -2.26. The van der Waals surface area contributed by atoms with Crippen LogP contribution in [0.5, 0.6) is 5.75 Å². The first-order valence-electron chi connectivity index (χ1n) is 9.91. The van der Waals surface area contributed by atoms with Gasteiger partial charge in [0.25, 0.3) is 5.91 Å². The molecule has 1 aliphatic rings. The van der Waals surface area contributed by atoms with Gasteiger partial charge in [-0.15, -0.1) is 11.3 Å². The number of aryl methyl sites for hydroxylation is 2. The zero-order valence-electron chi connectivity index (χ0n) is 16.1. The van der Waals surface area contributed by atoms with E-state index < -0.39 is 0 Å². The van der Waals surface area contributed by atoms with Gasteiger partial charge in [0.15, 0.2) is 0 Å². The van der Waals surface area contributed by atoms with Crippen LogP contribution in [0.1, 0.15) is 44.3 Å². The van der Waals surface area contributed by atoms with Crippen LogP contribution in [0.3, 0.4) is 0 Å². The predicted molar refractivity (Wildman–Crippen MR) is 112 cm³/mol. The van der Waals surface area contributed by atoms with E-state index in [-0.39, 0.29) is 18.3 Å². The van der Waals surface area contributed by atoms with Crippen LogP contribution < -0.4 is 10.1 Å². The van der Waals surface area contributed by atoms with E-state index in [2.05, 4.69) is 5.32 Å². The molecule has 0 saturated carbocycles. The lowest BCUT2D eigenvalue weighted by Gasteiger charge is -2.11. The van der Waals surface area contributed by atoms with Crippen LogP contribution in [0.15, 0.2) is 48.5 Å². The summed E-state index contributed by atoms with van der Waals surface area (Å²) in [4.78, 5) is 18.8. The summed E-state index contributed by atoms with van der Waals surface area (Å²) in [5.41, 5.74) is 2.59. The van der Waals surface area contributed by atoms with Gasteiger partial charge in [-0.3, -0.25) is 4.79 Å². The van der Waals surface area contributed by atoms with Gasteiger partial charge in [0.2, 0.25) is 0 Å². The van der Waals surface area contributed by atoms with Crippen molar-refractivity contribution in [2.45, 2.75) is 38.7 Å². The van der Waals surface area contributed by atoms with Gasteiger partial charge in [0.05, 0.1) is 16.3 Å². The average molecular weight is 411 g/mol. The Labute approximate surface area is 173 Å². The molecule has 1 amide bonds. The molecular weight excluding hydrogens is 387 g/mol. The number of nitrogens with zero attached hydrogens (tertiary/aromatic N) is 1. The van der Waals surface area contributed by atoms with Crippen LogP contribution >= 0.6 is 11.3 Å².